The number of carbonyl (C=O) groups is 1. The Kier molecular flexibility index (Phi) is 4.32. The molecule has 0 spiro atoms. The average molecular weight is 283 g/mol. The molecule has 1 aromatic carbocycles. The van der Waals surface area contributed by atoms with Gasteiger partial charge in [0.2, 0.25) is 0 Å². The highest BCUT2D eigenvalue weighted by Gasteiger charge is 2.35. The zero-order valence-electron chi connectivity index (χ0n) is 11.3. The standard InChI is InChI=1S/C14H19ClN2O2/c1-14(2,13(18)17-9-7-16-8-10-17)19-12-6-4-3-5-11(12)15/h3-6,16H,7-10H2,1-2H3. The molecule has 1 aromatic rings. The van der Waals surface area contributed by atoms with Crippen LogP contribution in [0.25, 0.3) is 0 Å². The van der Waals surface area contributed by atoms with Crippen molar-refractivity contribution in [1.29, 1.82) is 0 Å². The fourth-order valence-corrected chi connectivity index (χ4v) is 2.27. The first-order valence-electron chi connectivity index (χ1n) is 6.44. The first-order valence-corrected chi connectivity index (χ1v) is 6.82. The Labute approximate surface area is 118 Å². The molecule has 1 aliphatic heterocycles. The van der Waals surface area contributed by atoms with Crippen molar-refractivity contribution in [3.05, 3.63) is 29.3 Å². The fraction of sp³-hybridized carbons (Fsp3) is 0.500. The third-order valence-electron chi connectivity index (χ3n) is 3.12. The summed E-state index contributed by atoms with van der Waals surface area (Å²) >= 11 is 6.06. The zero-order valence-corrected chi connectivity index (χ0v) is 12.0. The molecule has 1 aliphatic rings. The van der Waals surface area contributed by atoms with Crippen LogP contribution in [0.4, 0.5) is 0 Å². The smallest absolute Gasteiger partial charge is 0.266 e. The van der Waals surface area contributed by atoms with Crippen molar-refractivity contribution in [2.24, 2.45) is 0 Å². The number of halogens is 1. The Morgan fingerprint density at radius 1 is 1.32 bits per heavy atom. The maximum absolute atomic E-state index is 12.5. The normalized spacial score (nSPS) is 16.3. The minimum atomic E-state index is -0.914. The van der Waals surface area contributed by atoms with Gasteiger partial charge in [0.1, 0.15) is 5.75 Å². The molecule has 1 amide bonds. The molecule has 5 heteroatoms. The van der Waals surface area contributed by atoms with E-state index in [0.29, 0.717) is 23.9 Å². The predicted octanol–water partition coefficient (Wildman–Crippen LogP) is 1.93. The van der Waals surface area contributed by atoms with Gasteiger partial charge in [-0.05, 0) is 26.0 Å². The second kappa shape index (κ2) is 5.80. The van der Waals surface area contributed by atoms with Crippen molar-refractivity contribution in [3.8, 4) is 5.75 Å². The van der Waals surface area contributed by atoms with Crippen LogP contribution in [0.5, 0.6) is 5.75 Å². The second-order valence-corrected chi connectivity index (χ2v) is 5.49. The Hall–Kier alpha value is -1.26. The Morgan fingerprint density at radius 3 is 2.58 bits per heavy atom. The highest BCUT2D eigenvalue weighted by Crippen LogP contribution is 2.28. The summed E-state index contributed by atoms with van der Waals surface area (Å²) in [5.41, 5.74) is -0.914. The molecule has 1 N–H and O–H groups in total. The number of nitrogens with one attached hydrogen (secondary N) is 1. The lowest BCUT2D eigenvalue weighted by atomic mass is 10.1. The van der Waals surface area contributed by atoms with Gasteiger partial charge >= 0.3 is 0 Å². The number of amides is 1. The molecule has 2 rings (SSSR count). The van der Waals surface area contributed by atoms with Crippen molar-refractivity contribution < 1.29 is 9.53 Å². The number of carbonyl (C=O) groups excluding carboxylic acids is 1. The summed E-state index contributed by atoms with van der Waals surface area (Å²) in [5, 5.41) is 3.74. The molecule has 0 unspecified atom stereocenters. The summed E-state index contributed by atoms with van der Waals surface area (Å²) in [7, 11) is 0. The maximum atomic E-state index is 12.5. The third kappa shape index (κ3) is 3.39. The summed E-state index contributed by atoms with van der Waals surface area (Å²) in [6, 6.07) is 7.20. The van der Waals surface area contributed by atoms with Gasteiger partial charge in [-0.15, -0.1) is 0 Å². The third-order valence-corrected chi connectivity index (χ3v) is 3.43. The lowest BCUT2D eigenvalue weighted by molar-refractivity contribution is -0.146. The molecule has 0 bridgehead atoms. The molecule has 0 aliphatic carbocycles. The number of benzene rings is 1. The summed E-state index contributed by atoms with van der Waals surface area (Å²) in [4.78, 5) is 14.3. The summed E-state index contributed by atoms with van der Waals surface area (Å²) < 4.78 is 5.80. The average Bonchev–Trinajstić information content (AvgIpc) is 2.41. The first kappa shape index (κ1) is 14.2. The minimum absolute atomic E-state index is 0.00563. The van der Waals surface area contributed by atoms with Crippen molar-refractivity contribution in [3.63, 3.8) is 0 Å². The van der Waals surface area contributed by atoms with Crippen LogP contribution in [0.2, 0.25) is 5.02 Å². The van der Waals surface area contributed by atoms with Gasteiger partial charge in [0.15, 0.2) is 5.60 Å². The van der Waals surface area contributed by atoms with Crippen LogP contribution in [0.1, 0.15) is 13.8 Å². The van der Waals surface area contributed by atoms with Crippen LogP contribution < -0.4 is 10.1 Å². The van der Waals surface area contributed by atoms with Crippen molar-refractivity contribution in [1.82, 2.24) is 10.2 Å². The van der Waals surface area contributed by atoms with E-state index in [1.807, 2.05) is 17.0 Å². The minimum Gasteiger partial charge on any atom is -0.476 e. The van der Waals surface area contributed by atoms with Gasteiger partial charge in [-0.1, -0.05) is 23.7 Å². The molecular formula is C14H19ClN2O2. The number of ether oxygens (including phenoxy) is 1. The van der Waals surface area contributed by atoms with Crippen LogP contribution in [0.15, 0.2) is 24.3 Å². The Balaban J connectivity index is 2.08. The van der Waals surface area contributed by atoms with E-state index in [9.17, 15) is 4.79 Å². The lowest BCUT2D eigenvalue weighted by Gasteiger charge is -2.34. The number of rotatable bonds is 3. The van der Waals surface area contributed by atoms with E-state index in [1.54, 1.807) is 26.0 Å². The summed E-state index contributed by atoms with van der Waals surface area (Å²) in [5.74, 6) is 0.534. The fourth-order valence-electron chi connectivity index (χ4n) is 2.09. The molecule has 0 aromatic heterocycles. The molecule has 0 saturated carbocycles. The Morgan fingerprint density at radius 2 is 1.95 bits per heavy atom. The van der Waals surface area contributed by atoms with Crippen LogP contribution >= 0.6 is 11.6 Å². The van der Waals surface area contributed by atoms with Crippen LogP contribution in [0, 0.1) is 0 Å². The molecule has 1 heterocycles. The molecule has 0 atom stereocenters. The highest BCUT2D eigenvalue weighted by atomic mass is 35.5. The van der Waals surface area contributed by atoms with Crippen LogP contribution in [-0.4, -0.2) is 42.6 Å². The first-order chi connectivity index (χ1) is 9.00. The van der Waals surface area contributed by atoms with E-state index in [2.05, 4.69) is 5.32 Å². The van der Waals surface area contributed by atoms with Gasteiger partial charge < -0.3 is 15.0 Å². The van der Waals surface area contributed by atoms with Crippen LogP contribution in [-0.2, 0) is 4.79 Å². The Bertz CT molecular complexity index is 457. The monoisotopic (exact) mass is 282 g/mol. The molecule has 104 valence electrons. The SMILES string of the molecule is CC(C)(Oc1ccccc1Cl)C(=O)N1CCNCC1. The van der Waals surface area contributed by atoms with Gasteiger partial charge in [-0.25, -0.2) is 0 Å². The number of nitrogens with zero attached hydrogens (tertiary/aromatic N) is 1. The van der Waals surface area contributed by atoms with Crippen molar-refractivity contribution >= 4 is 17.5 Å². The molecular weight excluding hydrogens is 264 g/mol. The second-order valence-electron chi connectivity index (χ2n) is 5.08. The van der Waals surface area contributed by atoms with E-state index in [-0.39, 0.29) is 5.91 Å². The summed E-state index contributed by atoms with van der Waals surface area (Å²) in [6.45, 7) is 6.64. The van der Waals surface area contributed by atoms with E-state index < -0.39 is 5.60 Å². The quantitative estimate of drug-likeness (QED) is 0.921. The number of hydrogen-bond donors (Lipinski definition) is 1. The highest BCUT2D eigenvalue weighted by molar-refractivity contribution is 6.32. The van der Waals surface area contributed by atoms with E-state index in [1.165, 1.54) is 0 Å². The summed E-state index contributed by atoms with van der Waals surface area (Å²) in [6.07, 6.45) is 0. The largest absolute Gasteiger partial charge is 0.476 e. The van der Waals surface area contributed by atoms with Crippen molar-refractivity contribution in [2.45, 2.75) is 19.4 Å². The zero-order chi connectivity index (χ0) is 13.9. The molecule has 1 fully saturated rings. The van der Waals surface area contributed by atoms with E-state index in [0.717, 1.165) is 13.1 Å². The van der Waals surface area contributed by atoms with E-state index in [4.69, 9.17) is 16.3 Å². The number of hydrogen-bond acceptors (Lipinski definition) is 3. The lowest BCUT2D eigenvalue weighted by Crippen LogP contribution is -2.54. The maximum Gasteiger partial charge on any atom is 0.266 e. The number of para-hydroxylation sites is 1. The van der Waals surface area contributed by atoms with Gasteiger partial charge in [-0.3, -0.25) is 4.79 Å². The topological polar surface area (TPSA) is 41.6 Å². The number of piperazine rings is 1. The van der Waals surface area contributed by atoms with Gasteiger partial charge in [0.05, 0.1) is 5.02 Å². The van der Waals surface area contributed by atoms with Crippen LogP contribution in [0.3, 0.4) is 0 Å². The van der Waals surface area contributed by atoms with Gasteiger partial charge in [0.25, 0.3) is 5.91 Å². The van der Waals surface area contributed by atoms with Gasteiger partial charge in [0, 0.05) is 26.2 Å². The molecule has 19 heavy (non-hydrogen) atoms. The van der Waals surface area contributed by atoms with Gasteiger partial charge in [-0.2, -0.15) is 0 Å². The van der Waals surface area contributed by atoms with Crippen molar-refractivity contribution in [2.75, 3.05) is 26.2 Å². The van der Waals surface area contributed by atoms with E-state index >= 15 is 0 Å². The molecule has 4 nitrogen and oxygen atoms in total. The molecule has 1 saturated heterocycles. The predicted molar refractivity (Wildman–Crippen MR) is 75.6 cm³/mol. The molecule has 0 radical (unpaired) electrons.